The van der Waals surface area contributed by atoms with Gasteiger partial charge in [-0.15, -0.1) is 0 Å². The third-order valence-corrected chi connectivity index (χ3v) is 7.93. The summed E-state index contributed by atoms with van der Waals surface area (Å²) in [5.74, 6) is 0.887. The number of anilines is 1. The summed E-state index contributed by atoms with van der Waals surface area (Å²) < 4.78 is 2.30. The quantitative estimate of drug-likeness (QED) is 0.368. The number of hydrogen-bond acceptors (Lipinski definition) is 5. The predicted octanol–water partition coefficient (Wildman–Crippen LogP) is 5.69. The summed E-state index contributed by atoms with van der Waals surface area (Å²) in [5, 5.41) is 5.14. The molecule has 0 unspecified atom stereocenters. The number of halogens is 1. The SMILES string of the molecule is Cc1ccc2c(-c3nc(N)ncc3Cl)cn(-c3cc(CN4CCNCC4(C)C)cc(C4CC4)c3)c2c1. The average Bonchev–Trinajstić information content (AvgIpc) is 3.63. The van der Waals surface area contributed by atoms with E-state index in [1.165, 1.54) is 35.2 Å². The van der Waals surface area contributed by atoms with Crippen molar-refractivity contribution in [3.8, 4) is 16.9 Å². The highest BCUT2D eigenvalue weighted by atomic mass is 35.5. The van der Waals surface area contributed by atoms with Gasteiger partial charge in [0.15, 0.2) is 0 Å². The molecule has 6 nitrogen and oxygen atoms in total. The minimum Gasteiger partial charge on any atom is -0.368 e. The Hall–Kier alpha value is -2.93. The van der Waals surface area contributed by atoms with Crippen molar-refractivity contribution in [2.75, 3.05) is 25.4 Å². The molecular weight excluding hydrogens is 468 g/mol. The van der Waals surface area contributed by atoms with Gasteiger partial charge in [0.25, 0.3) is 0 Å². The van der Waals surface area contributed by atoms with Gasteiger partial charge in [0.2, 0.25) is 5.95 Å². The maximum absolute atomic E-state index is 6.55. The van der Waals surface area contributed by atoms with Gasteiger partial charge in [0.05, 0.1) is 22.4 Å². The van der Waals surface area contributed by atoms with Gasteiger partial charge < -0.3 is 15.6 Å². The first-order chi connectivity index (χ1) is 17.3. The van der Waals surface area contributed by atoms with E-state index >= 15 is 0 Å². The Bertz CT molecular complexity index is 1450. The van der Waals surface area contributed by atoms with Crippen molar-refractivity contribution < 1.29 is 0 Å². The topological polar surface area (TPSA) is 72.0 Å². The molecule has 3 N–H and O–H groups in total. The molecule has 1 aliphatic carbocycles. The number of piperazine rings is 1. The molecule has 1 saturated heterocycles. The van der Waals surface area contributed by atoms with Crippen LogP contribution in [0.25, 0.3) is 27.8 Å². The number of nitrogen functional groups attached to an aromatic ring is 1. The second-order valence-corrected chi connectivity index (χ2v) is 11.4. The van der Waals surface area contributed by atoms with Crippen LogP contribution in [0.5, 0.6) is 0 Å². The Labute approximate surface area is 217 Å². The van der Waals surface area contributed by atoms with E-state index in [4.69, 9.17) is 17.3 Å². The number of hydrogen-bond donors (Lipinski definition) is 2. The van der Waals surface area contributed by atoms with Gasteiger partial charge in [0, 0.05) is 54.6 Å². The summed E-state index contributed by atoms with van der Waals surface area (Å²) in [6.45, 7) is 10.8. The summed E-state index contributed by atoms with van der Waals surface area (Å²) in [6.07, 6.45) is 6.28. The predicted molar refractivity (Wildman–Crippen MR) is 148 cm³/mol. The van der Waals surface area contributed by atoms with Crippen molar-refractivity contribution in [2.24, 2.45) is 0 Å². The van der Waals surface area contributed by atoms with E-state index in [1.807, 2.05) is 0 Å². The van der Waals surface area contributed by atoms with Gasteiger partial charge in [-0.1, -0.05) is 29.8 Å². The molecule has 3 heterocycles. The minimum atomic E-state index is 0.127. The zero-order valence-electron chi connectivity index (χ0n) is 21.2. The van der Waals surface area contributed by atoms with Crippen LogP contribution in [0.2, 0.25) is 5.02 Å². The van der Waals surface area contributed by atoms with E-state index in [9.17, 15) is 0 Å². The smallest absolute Gasteiger partial charge is 0.220 e. The molecule has 2 fully saturated rings. The molecule has 6 rings (SSSR count). The molecule has 1 aliphatic heterocycles. The molecule has 1 saturated carbocycles. The molecule has 0 spiro atoms. The average molecular weight is 501 g/mol. The Kier molecular flexibility index (Phi) is 5.78. The van der Waals surface area contributed by atoms with E-state index in [0.29, 0.717) is 16.6 Å². The van der Waals surface area contributed by atoms with Gasteiger partial charge in [-0.25, -0.2) is 9.97 Å². The summed E-state index contributed by atoms with van der Waals surface area (Å²) in [5.41, 5.74) is 14.0. The molecule has 0 radical (unpaired) electrons. The van der Waals surface area contributed by atoms with Crippen LogP contribution in [-0.4, -0.2) is 44.6 Å². The van der Waals surface area contributed by atoms with Crippen LogP contribution in [0.4, 0.5) is 5.95 Å². The minimum absolute atomic E-state index is 0.127. The lowest BCUT2D eigenvalue weighted by atomic mass is 9.98. The number of benzene rings is 2. The van der Waals surface area contributed by atoms with Crippen LogP contribution in [0.1, 0.15) is 49.3 Å². The molecule has 36 heavy (non-hydrogen) atoms. The number of aromatic nitrogens is 3. The first-order valence-corrected chi connectivity index (χ1v) is 13.2. The number of fused-ring (bicyclic) bond motifs is 1. The van der Waals surface area contributed by atoms with Crippen molar-refractivity contribution >= 4 is 28.5 Å². The van der Waals surface area contributed by atoms with E-state index in [2.05, 4.69) is 88.1 Å². The van der Waals surface area contributed by atoms with Crippen LogP contribution < -0.4 is 11.1 Å². The second kappa shape index (κ2) is 8.87. The Morgan fingerprint density at radius 3 is 2.78 bits per heavy atom. The summed E-state index contributed by atoms with van der Waals surface area (Å²) in [7, 11) is 0. The van der Waals surface area contributed by atoms with Gasteiger partial charge in [-0.3, -0.25) is 4.90 Å². The molecule has 2 aromatic heterocycles. The highest BCUT2D eigenvalue weighted by Gasteiger charge is 2.30. The first-order valence-electron chi connectivity index (χ1n) is 12.8. The number of nitrogens with zero attached hydrogens (tertiary/aromatic N) is 4. The van der Waals surface area contributed by atoms with Crippen LogP contribution >= 0.6 is 11.6 Å². The fourth-order valence-electron chi connectivity index (χ4n) is 5.43. The third kappa shape index (κ3) is 4.38. The normalized spacial score (nSPS) is 18.1. The maximum Gasteiger partial charge on any atom is 0.220 e. The van der Waals surface area contributed by atoms with Crippen molar-refractivity contribution in [1.82, 2.24) is 24.8 Å². The Morgan fingerprint density at radius 2 is 2.00 bits per heavy atom. The van der Waals surface area contributed by atoms with Crippen molar-refractivity contribution in [3.63, 3.8) is 0 Å². The number of nitrogens with two attached hydrogens (primary N) is 1. The van der Waals surface area contributed by atoms with Crippen molar-refractivity contribution in [3.05, 3.63) is 70.5 Å². The Morgan fingerprint density at radius 1 is 1.17 bits per heavy atom. The lowest BCUT2D eigenvalue weighted by molar-refractivity contribution is 0.0827. The molecule has 2 aromatic carbocycles. The second-order valence-electron chi connectivity index (χ2n) is 11.0. The van der Waals surface area contributed by atoms with Crippen LogP contribution in [0.15, 0.2) is 48.8 Å². The molecule has 0 atom stereocenters. The van der Waals surface area contributed by atoms with E-state index < -0.39 is 0 Å². The molecule has 186 valence electrons. The van der Waals surface area contributed by atoms with Crippen LogP contribution in [0, 0.1) is 6.92 Å². The van der Waals surface area contributed by atoms with E-state index in [0.717, 1.165) is 42.6 Å². The Balaban J connectivity index is 1.50. The van der Waals surface area contributed by atoms with Crippen molar-refractivity contribution in [1.29, 1.82) is 0 Å². The first kappa shape index (κ1) is 23.5. The van der Waals surface area contributed by atoms with Gasteiger partial charge >= 0.3 is 0 Å². The third-order valence-electron chi connectivity index (χ3n) is 7.65. The zero-order valence-corrected chi connectivity index (χ0v) is 21.9. The lowest BCUT2D eigenvalue weighted by Gasteiger charge is -2.43. The van der Waals surface area contributed by atoms with Gasteiger partial charge in [-0.2, -0.15) is 0 Å². The summed E-state index contributed by atoms with van der Waals surface area (Å²) in [4.78, 5) is 11.2. The highest BCUT2D eigenvalue weighted by molar-refractivity contribution is 6.33. The van der Waals surface area contributed by atoms with Gasteiger partial charge in [-0.05, 0) is 74.4 Å². The monoisotopic (exact) mass is 500 g/mol. The fourth-order valence-corrected chi connectivity index (χ4v) is 5.62. The molecular formula is C29H33ClN6. The molecule has 0 amide bonds. The number of aryl methyl sites for hydroxylation is 1. The lowest BCUT2D eigenvalue weighted by Crippen LogP contribution is -2.57. The maximum atomic E-state index is 6.55. The summed E-state index contributed by atoms with van der Waals surface area (Å²) in [6, 6.07) is 13.7. The highest BCUT2D eigenvalue weighted by Crippen LogP contribution is 2.42. The fraction of sp³-hybridized carbons (Fsp3) is 0.379. The molecule has 2 aliphatic rings. The van der Waals surface area contributed by atoms with Crippen molar-refractivity contribution in [2.45, 2.75) is 51.6 Å². The van der Waals surface area contributed by atoms with Gasteiger partial charge in [0.1, 0.15) is 0 Å². The van der Waals surface area contributed by atoms with Crippen LogP contribution in [0.3, 0.4) is 0 Å². The molecule has 0 bridgehead atoms. The van der Waals surface area contributed by atoms with Crippen LogP contribution in [-0.2, 0) is 6.54 Å². The zero-order chi connectivity index (χ0) is 25.0. The molecule has 7 heteroatoms. The summed E-state index contributed by atoms with van der Waals surface area (Å²) >= 11 is 6.55. The standard InChI is InChI=1S/C29H33ClN6/c1-18-4-7-23-24(27-25(30)14-33-28(31)34-27)16-36(26(23)10-18)22-12-19(11-21(13-22)20-5-6-20)15-35-9-8-32-17-29(35,2)3/h4,7,10-14,16,20,32H,5-6,8-9,15,17H2,1-3H3,(H2,31,33,34). The number of rotatable bonds is 5. The number of nitrogens with one attached hydrogen (secondary N) is 1. The molecule has 4 aromatic rings. The van der Waals surface area contributed by atoms with E-state index in [-0.39, 0.29) is 11.5 Å². The largest absolute Gasteiger partial charge is 0.368 e. The van der Waals surface area contributed by atoms with E-state index in [1.54, 1.807) is 6.20 Å².